The molecule has 0 spiro atoms. The molecule has 4 heteroatoms. The Labute approximate surface area is 112 Å². The average molecular weight is 268 g/mol. The normalized spacial score (nSPS) is 29.1. The van der Waals surface area contributed by atoms with Crippen molar-refractivity contribution in [1.82, 2.24) is 10.2 Å². The van der Waals surface area contributed by atoms with Crippen molar-refractivity contribution in [3.8, 4) is 0 Å². The van der Waals surface area contributed by atoms with E-state index in [1.54, 1.807) is 0 Å². The van der Waals surface area contributed by atoms with Crippen LogP contribution in [0.2, 0.25) is 0 Å². The van der Waals surface area contributed by atoms with Crippen LogP contribution in [0.1, 0.15) is 18.4 Å². The van der Waals surface area contributed by atoms with Crippen LogP contribution in [0.5, 0.6) is 0 Å². The topological polar surface area (TPSA) is 15.3 Å². The van der Waals surface area contributed by atoms with Gasteiger partial charge >= 0.3 is 0 Å². The smallest absolute Gasteiger partial charge is 0.0358 e. The highest BCUT2D eigenvalue weighted by Gasteiger charge is 2.39. The minimum atomic E-state index is 0.734. The van der Waals surface area contributed by atoms with Gasteiger partial charge in [-0.1, -0.05) is 0 Å². The van der Waals surface area contributed by atoms with E-state index in [0.29, 0.717) is 0 Å². The molecule has 1 N–H and O–H groups in total. The van der Waals surface area contributed by atoms with Gasteiger partial charge in [0.05, 0.1) is 0 Å². The maximum atomic E-state index is 3.56. The molecule has 0 amide bonds. The van der Waals surface area contributed by atoms with Crippen LogP contribution in [-0.2, 0) is 6.54 Å². The SMILES string of the molecule is CSC1CNCC1N(Cc1ccsc1)C1CC1. The van der Waals surface area contributed by atoms with Gasteiger partial charge in [0.2, 0.25) is 0 Å². The van der Waals surface area contributed by atoms with E-state index in [1.165, 1.54) is 31.5 Å². The van der Waals surface area contributed by atoms with Crippen molar-refractivity contribution < 1.29 is 0 Å². The fourth-order valence-electron chi connectivity index (χ4n) is 2.73. The summed E-state index contributed by atoms with van der Waals surface area (Å²) in [6.45, 7) is 3.50. The van der Waals surface area contributed by atoms with Gasteiger partial charge < -0.3 is 5.32 Å². The summed E-state index contributed by atoms with van der Waals surface area (Å²) in [5, 5.41) is 8.82. The summed E-state index contributed by atoms with van der Waals surface area (Å²) < 4.78 is 0. The van der Waals surface area contributed by atoms with Gasteiger partial charge in [0.25, 0.3) is 0 Å². The first kappa shape index (κ1) is 12.0. The first-order valence-electron chi connectivity index (χ1n) is 6.39. The second kappa shape index (κ2) is 5.31. The van der Waals surface area contributed by atoms with Crippen LogP contribution in [0.4, 0.5) is 0 Å². The van der Waals surface area contributed by atoms with Gasteiger partial charge in [-0.05, 0) is 41.5 Å². The summed E-state index contributed by atoms with van der Waals surface area (Å²) in [5.41, 5.74) is 1.49. The van der Waals surface area contributed by atoms with E-state index in [0.717, 1.165) is 23.9 Å². The van der Waals surface area contributed by atoms with E-state index in [-0.39, 0.29) is 0 Å². The van der Waals surface area contributed by atoms with E-state index in [9.17, 15) is 0 Å². The molecule has 2 atom stereocenters. The first-order valence-corrected chi connectivity index (χ1v) is 8.62. The zero-order chi connectivity index (χ0) is 11.7. The Kier molecular flexibility index (Phi) is 3.75. The number of rotatable bonds is 5. The fraction of sp³-hybridized carbons (Fsp3) is 0.692. The van der Waals surface area contributed by atoms with E-state index < -0.39 is 0 Å². The first-order chi connectivity index (χ1) is 8.38. The summed E-state index contributed by atoms with van der Waals surface area (Å²) in [7, 11) is 0. The van der Waals surface area contributed by atoms with Crippen LogP contribution < -0.4 is 5.32 Å². The number of nitrogens with zero attached hydrogens (tertiary/aromatic N) is 1. The zero-order valence-corrected chi connectivity index (χ0v) is 11.9. The fourth-order valence-corrected chi connectivity index (χ4v) is 4.24. The molecule has 1 saturated carbocycles. The van der Waals surface area contributed by atoms with Crippen LogP contribution in [0.25, 0.3) is 0 Å². The number of hydrogen-bond donors (Lipinski definition) is 1. The maximum absolute atomic E-state index is 3.56. The van der Waals surface area contributed by atoms with Crippen LogP contribution in [0.3, 0.4) is 0 Å². The van der Waals surface area contributed by atoms with Gasteiger partial charge in [-0.3, -0.25) is 4.90 Å². The van der Waals surface area contributed by atoms with Crippen molar-refractivity contribution >= 4 is 23.1 Å². The molecular weight excluding hydrogens is 248 g/mol. The van der Waals surface area contributed by atoms with Crippen molar-refractivity contribution in [1.29, 1.82) is 0 Å². The highest BCUT2D eigenvalue weighted by molar-refractivity contribution is 7.99. The third-order valence-corrected chi connectivity index (χ3v) is 5.64. The van der Waals surface area contributed by atoms with E-state index >= 15 is 0 Å². The van der Waals surface area contributed by atoms with Gasteiger partial charge in [0, 0.05) is 37.0 Å². The molecule has 1 aliphatic carbocycles. The van der Waals surface area contributed by atoms with Gasteiger partial charge in [-0.25, -0.2) is 0 Å². The Morgan fingerprint density at radius 2 is 2.35 bits per heavy atom. The summed E-state index contributed by atoms with van der Waals surface area (Å²) in [6.07, 6.45) is 5.06. The van der Waals surface area contributed by atoms with E-state index in [4.69, 9.17) is 0 Å². The van der Waals surface area contributed by atoms with Gasteiger partial charge in [0.1, 0.15) is 0 Å². The predicted molar refractivity (Wildman–Crippen MR) is 76.8 cm³/mol. The van der Waals surface area contributed by atoms with Crippen molar-refractivity contribution in [3.63, 3.8) is 0 Å². The Morgan fingerprint density at radius 1 is 1.47 bits per heavy atom. The van der Waals surface area contributed by atoms with Crippen molar-refractivity contribution in [3.05, 3.63) is 22.4 Å². The highest BCUT2D eigenvalue weighted by Crippen LogP contribution is 2.34. The lowest BCUT2D eigenvalue weighted by molar-refractivity contribution is 0.192. The van der Waals surface area contributed by atoms with Crippen molar-refractivity contribution in [2.75, 3.05) is 19.3 Å². The van der Waals surface area contributed by atoms with Crippen LogP contribution in [-0.4, -0.2) is 41.6 Å². The van der Waals surface area contributed by atoms with Gasteiger partial charge in [0.15, 0.2) is 0 Å². The summed E-state index contributed by atoms with van der Waals surface area (Å²) in [6, 6.07) is 3.86. The monoisotopic (exact) mass is 268 g/mol. The summed E-state index contributed by atoms with van der Waals surface area (Å²) in [5.74, 6) is 0. The molecule has 2 unspecified atom stereocenters. The van der Waals surface area contributed by atoms with E-state index in [2.05, 4.69) is 33.3 Å². The molecule has 2 nitrogen and oxygen atoms in total. The standard InChI is InChI=1S/C13H20N2S2/c1-16-13-7-14-6-12(13)15(11-2-3-11)8-10-4-5-17-9-10/h4-5,9,11-14H,2-3,6-8H2,1H3. The van der Waals surface area contributed by atoms with Crippen LogP contribution in [0, 0.1) is 0 Å². The zero-order valence-electron chi connectivity index (χ0n) is 10.3. The molecule has 3 rings (SSSR count). The average Bonchev–Trinajstić information content (AvgIpc) is 2.89. The van der Waals surface area contributed by atoms with Crippen molar-refractivity contribution in [2.45, 2.75) is 36.7 Å². The molecular formula is C13H20N2S2. The molecule has 17 heavy (non-hydrogen) atoms. The summed E-state index contributed by atoms with van der Waals surface area (Å²) >= 11 is 3.84. The predicted octanol–water partition coefficient (Wildman–Crippen LogP) is 2.42. The number of thiophene rings is 1. The number of nitrogens with one attached hydrogen (secondary N) is 1. The molecule has 1 aromatic heterocycles. The van der Waals surface area contributed by atoms with Crippen molar-refractivity contribution in [2.24, 2.45) is 0 Å². The lowest BCUT2D eigenvalue weighted by Crippen LogP contribution is -2.43. The second-order valence-electron chi connectivity index (χ2n) is 5.03. The highest BCUT2D eigenvalue weighted by atomic mass is 32.2. The molecule has 0 aromatic carbocycles. The molecule has 2 heterocycles. The molecule has 2 aliphatic rings. The van der Waals surface area contributed by atoms with Gasteiger partial charge in [-0.2, -0.15) is 23.1 Å². The molecule has 2 fully saturated rings. The number of hydrogen-bond acceptors (Lipinski definition) is 4. The molecule has 0 bridgehead atoms. The Hall–Kier alpha value is -0.0300. The molecule has 1 aromatic rings. The quantitative estimate of drug-likeness (QED) is 0.883. The molecule has 1 aliphatic heterocycles. The largest absolute Gasteiger partial charge is 0.314 e. The van der Waals surface area contributed by atoms with Crippen LogP contribution >= 0.6 is 23.1 Å². The molecule has 94 valence electrons. The lowest BCUT2D eigenvalue weighted by atomic mass is 10.2. The summed E-state index contributed by atoms with van der Waals surface area (Å²) in [4.78, 5) is 2.75. The van der Waals surface area contributed by atoms with Gasteiger partial charge in [-0.15, -0.1) is 0 Å². The third kappa shape index (κ3) is 2.70. The Morgan fingerprint density at radius 3 is 3.00 bits per heavy atom. The van der Waals surface area contributed by atoms with E-state index in [1.807, 2.05) is 23.1 Å². The minimum Gasteiger partial charge on any atom is -0.314 e. The number of thioether (sulfide) groups is 1. The maximum Gasteiger partial charge on any atom is 0.0358 e. The van der Waals surface area contributed by atoms with Crippen LogP contribution in [0.15, 0.2) is 16.8 Å². The lowest BCUT2D eigenvalue weighted by Gasteiger charge is -2.31. The molecule has 0 radical (unpaired) electrons. The Balaban J connectivity index is 1.71. The molecule has 1 saturated heterocycles. The third-order valence-electron chi connectivity index (χ3n) is 3.82. The Bertz CT molecular complexity index is 348. The second-order valence-corrected chi connectivity index (χ2v) is 6.89. The minimum absolute atomic E-state index is 0.734.